The van der Waals surface area contributed by atoms with Gasteiger partial charge < -0.3 is 9.47 Å². The molecule has 0 saturated carbocycles. The van der Waals surface area contributed by atoms with Gasteiger partial charge in [0.05, 0.1) is 25.6 Å². The molecule has 0 fully saturated rings. The van der Waals surface area contributed by atoms with Crippen LogP contribution in [0.4, 0.5) is 5.13 Å². The van der Waals surface area contributed by atoms with Crippen molar-refractivity contribution in [2.24, 2.45) is 4.99 Å². The number of fused-ring (bicyclic) bond motifs is 1. The van der Waals surface area contributed by atoms with Crippen LogP contribution in [0.15, 0.2) is 64.5 Å². The first-order chi connectivity index (χ1) is 14.2. The number of allylic oxidation sites excluding steroid dienone is 2. The zero-order chi connectivity index (χ0) is 20.2. The third-order valence-electron chi connectivity index (χ3n) is 5.20. The lowest BCUT2D eigenvalue weighted by molar-refractivity contribution is 0.355. The lowest BCUT2D eigenvalue weighted by Crippen LogP contribution is -2.05. The monoisotopic (exact) mass is 404 g/mol. The molecule has 2 aromatic carbocycles. The van der Waals surface area contributed by atoms with Crippen LogP contribution in [0.5, 0.6) is 11.5 Å². The highest BCUT2D eigenvalue weighted by Gasteiger charge is 2.15. The second kappa shape index (κ2) is 8.62. The number of aliphatic imine (C=N–C) groups is 1. The summed E-state index contributed by atoms with van der Waals surface area (Å²) in [4.78, 5) is 9.72. The van der Waals surface area contributed by atoms with Crippen molar-refractivity contribution >= 4 is 22.2 Å². The van der Waals surface area contributed by atoms with Gasteiger partial charge in [-0.15, -0.1) is 11.3 Å². The van der Waals surface area contributed by atoms with E-state index < -0.39 is 0 Å². The molecule has 29 heavy (non-hydrogen) atoms. The van der Waals surface area contributed by atoms with E-state index >= 15 is 0 Å². The van der Waals surface area contributed by atoms with Crippen LogP contribution < -0.4 is 9.47 Å². The summed E-state index contributed by atoms with van der Waals surface area (Å²) in [6.45, 7) is 2.19. The van der Waals surface area contributed by atoms with E-state index in [1.807, 2.05) is 23.6 Å². The first-order valence-corrected chi connectivity index (χ1v) is 10.6. The summed E-state index contributed by atoms with van der Waals surface area (Å²) in [5, 5.41) is 2.82. The summed E-state index contributed by atoms with van der Waals surface area (Å²) in [6.07, 6.45) is 5.10. The Labute approximate surface area is 175 Å². The Bertz CT molecular complexity index is 1080. The fourth-order valence-electron chi connectivity index (χ4n) is 3.59. The molecule has 1 aromatic heterocycles. The number of nitrogens with zero attached hydrogens (tertiary/aromatic N) is 2. The first kappa shape index (κ1) is 19.4. The predicted octanol–water partition coefficient (Wildman–Crippen LogP) is 6.04. The van der Waals surface area contributed by atoms with Crippen LogP contribution >= 0.6 is 11.3 Å². The van der Waals surface area contributed by atoms with Crippen molar-refractivity contribution in [2.75, 3.05) is 14.2 Å². The topological polar surface area (TPSA) is 43.7 Å². The van der Waals surface area contributed by atoms with E-state index in [1.54, 1.807) is 25.6 Å². The normalized spacial score (nSPS) is 14.9. The molecule has 4 nitrogen and oxygen atoms in total. The number of ether oxygens (including phenoxy) is 2. The van der Waals surface area contributed by atoms with Gasteiger partial charge in [0.15, 0.2) is 11.5 Å². The van der Waals surface area contributed by atoms with Crippen LogP contribution in [0, 0.1) is 0 Å². The summed E-state index contributed by atoms with van der Waals surface area (Å²) >= 11 is 1.56. The molecule has 3 aromatic rings. The van der Waals surface area contributed by atoms with Gasteiger partial charge in [0.1, 0.15) is 0 Å². The molecule has 0 saturated heterocycles. The maximum Gasteiger partial charge on any atom is 0.209 e. The number of thiazole rings is 1. The number of methoxy groups -OCH3 is 2. The van der Waals surface area contributed by atoms with E-state index in [2.05, 4.69) is 37.3 Å². The van der Waals surface area contributed by atoms with Crippen LogP contribution in [0.1, 0.15) is 24.5 Å². The summed E-state index contributed by atoms with van der Waals surface area (Å²) in [5.41, 5.74) is 7.04. The van der Waals surface area contributed by atoms with Crippen LogP contribution in [0.2, 0.25) is 0 Å². The molecule has 0 bridgehead atoms. The SMILES string of the molecule is CCC1=CCc2ccccc2CC1=Nc1nc(-c2ccc(OC)c(OC)c2)cs1. The Kier molecular flexibility index (Phi) is 5.76. The predicted molar refractivity (Wildman–Crippen MR) is 120 cm³/mol. The maximum atomic E-state index is 5.42. The van der Waals surface area contributed by atoms with E-state index in [0.29, 0.717) is 11.5 Å². The fourth-order valence-corrected chi connectivity index (χ4v) is 4.31. The first-order valence-electron chi connectivity index (χ1n) is 9.73. The van der Waals surface area contributed by atoms with Crippen molar-refractivity contribution in [2.45, 2.75) is 26.2 Å². The molecule has 0 aliphatic heterocycles. The third kappa shape index (κ3) is 4.10. The standard InChI is InChI=1S/C24H24N2O2S/c1-4-16-9-10-17-7-5-6-8-18(17)13-20(16)25-24-26-21(15-29-24)19-11-12-22(27-2)23(14-19)28-3/h5-9,11-12,14-15H,4,10,13H2,1-3H3. The Morgan fingerprint density at radius 3 is 2.59 bits per heavy atom. The molecular formula is C24H24N2O2S. The summed E-state index contributed by atoms with van der Waals surface area (Å²) in [6, 6.07) is 14.5. The van der Waals surface area contributed by atoms with E-state index in [4.69, 9.17) is 19.5 Å². The van der Waals surface area contributed by atoms with Crippen LogP contribution in [-0.4, -0.2) is 24.9 Å². The molecule has 0 atom stereocenters. The summed E-state index contributed by atoms with van der Waals surface area (Å²) < 4.78 is 10.7. The second-order valence-electron chi connectivity index (χ2n) is 6.88. The minimum absolute atomic E-state index is 0.697. The van der Waals surface area contributed by atoms with Crippen LogP contribution in [0.3, 0.4) is 0 Å². The number of aromatic nitrogens is 1. The van der Waals surface area contributed by atoms with Gasteiger partial charge in [-0.05, 0) is 47.7 Å². The average Bonchev–Trinajstić information content (AvgIpc) is 3.15. The molecule has 0 N–H and O–H groups in total. The number of hydrogen-bond donors (Lipinski definition) is 0. The highest BCUT2D eigenvalue weighted by Crippen LogP contribution is 2.34. The highest BCUT2D eigenvalue weighted by molar-refractivity contribution is 7.13. The molecule has 148 valence electrons. The molecule has 4 rings (SSSR count). The van der Waals surface area contributed by atoms with Crippen molar-refractivity contribution < 1.29 is 9.47 Å². The molecule has 1 aliphatic carbocycles. The lowest BCUT2D eigenvalue weighted by atomic mass is 10.0. The van der Waals surface area contributed by atoms with E-state index in [0.717, 1.165) is 41.4 Å². The van der Waals surface area contributed by atoms with Gasteiger partial charge in [-0.2, -0.15) is 0 Å². The summed E-state index contributed by atoms with van der Waals surface area (Å²) in [7, 11) is 3.28. The molecule has 1 heterocycles. The van der Waals surface area contributed by atoms with Gasteiger partial charge in [-0.25, -0.2) is 9.98 Å². The van der Waals surface area contributed by atoms with Crippen molar-refractivity contribution in [3.8, 4) is 22.8 Å². The molecule has 0 unspecified atom stereocenters. The van der Waals surface area contributed by atoms with Gasteiger partial charge in [0.25, 0.3) is 0 Å². The zero-order valence-electron chi connectivity index (χ0n) is 16.9. The minimum atomic E-state index is 0.697. The average molecular weight is 405 g/mol. The second-order valence-corrected chi connectivity index (χ2v) is 7.71. The fraction of sp³-hybridized carbons (Fsp3) is 0.250. The Morgan fingerprint density at radius 2 is 1.83 bits per heavy atom. The highest BCUT2D eigenvalue weighted by atomic mass is 32.1. The van der Waals surface area contributed by atoms with Gasteiger partial charge in [-0.1, -0.05) is 37.3 Å². The smallest absolute Gasteiger partial charge is 0.209 e. The quantitative estimate of drug-likeness (QED) is 0.521. The molecule has 0 amide bonds. The number of hydrogen-bond acceptors (Lipinski definition) is 5. The molecular weight excluding hydrogens is 380 g/mol. The lowest BCUT2D eigenvalue weighted by Gasteiger charge is -2.08. The molecule has 0 spiro atoms. The van der Waals surface area contributed by atoms with Gasteiger partial charge in [-0.3, -0.25) is 0 Å². The Hall–Kier alpha value is -2.92. The van der Waals surface area contributed by atoms with E-state index in [-0.39, 0.29) is 0 Å². The Morgan fingerprint density at radius 1 is 1.03 bits per heavy atom. The van der Waals surface area contributed by atoms with Crippen molar-refractivity contribution in [3.63, 3.8) is 0 Å². The van der Waals surface area contributed by atoms with E-state index in [9.17, 15) is 0 Å². The van der Waals surface area contributed by atoms with Gasteiger partial charge in [0, 0.05) is 17.4 Å². The summed E-state index contributed by atoms with van der Waals surface area (Å²) in [5.74, 6) is 1.41. The number of rotatable bonds is 5. The Balaban J connectivity index is 1.66. The van der Waals surface area contributed by atoms with Crippen LogP contribution in [0.25, 0.3) is 11.3 Å². The largest absolute Gasteiger partial charge is 0.493 e. The maximum absolute atomic E-state index is 5.42. The molecule has 1 aliphatic rings. The zero-order valence-corrected chi connectivity index (χ0v) is 17.8. The van der Waals surface area contributed by atoms with Crippen molar-refractivity contribution in [3.05, 3.63) is 70.6 Å². The van der Waals surface area contributed by atoms with E-state index in [1.165, 1.54) is 16.7 Å². The third-order valence-corrected chi connectivity index (χ3v) is 5.93. The van der Waals surface area contributed by atoms with Crippen molar-refractivity contribution in [1.82, 2.24) is 4.98 Å². The molecule has 0 radical (unpaired) electrons. The van der Waals surface area contributed by atoms with Crippen LogP contribution in [-0.2, 0) is 12.8 Å². The number of benzene rings is 2. The molecule has 5 heteroatoms. The van der Waals surface area contributed by atoms with Gasteiger partial charge >= 0.3 is 0 Å². The van der Waals surface area contributed by atoms with Crippen molar-refractivity contribution in [1.29, 1.82) is 0 Å². The minimum Gasteiger partial charge on any atom is -0.493 e. The van der Waals surface area contributed by atoms with Gasteiger partial charge in [0.2, 0.25) is 5.13 Å².